The average Bonchev–Trinajstić information content (AvgIpc) is 2.74. The highest BCUT2D eigenvalue weighted by molar-refractivity contribution is 9.11. The van der Waals surface area contributed by atoms with Crippen LogP contribution in [0.4, 0.5) is 0 Å². The summed E-state index contributed by atoms with van der Waals surface area (Å²) in [7, 11) is 0. The van der Waals surface area contributed by atoms with Crippen molar-refractivity contribution in [2.75, 3.05) is 13.1 Å². The second-order valence-electron chi connectivity index (χ2n) is 4.58. The quantitative estimate of drug-likeness (QED) is 0.641. The first-order valence-electron chi connectivity index (χ1n) is 6.71. The molecule has 1 aromatic rings. The number of hydrogen-bond donors (Lipinski definition) is 1. The van der Waals surface area contributed by atoms with E-state index in [-0.39, 0.29) is 0 Å². The van der Waals surface area contributed by atoms with Gasteiger partial charge in [-0.25, -0.2) is 0 Å². The zero-order valence-electron chi connectivity index (χ0n) is 11.0. The molecule has 0 amide bonds. The highest BCUT2D eigenvalue weighted by Gasteiger charge is 2.05. The van der Waals surface area contributed by atoms with Crippen LogP contribution in [0.1, 0.15) is 44.4 Å². The fraction of sp³-hybridized carbons (Fsp3) is 0.714. The average molecular weight is 318 g/mol. The lowest BCUT2D eigenvalue weighted by atomic mass is 9.99. The van der Waals surface area contributed by atoms with E-state index in [1.54, 1.807) is 0 Å². The Hall–Kier alpha value is 0.140. The normalized spacial score (nSPS) is 12.9. The lowest BCUT2D eigenvalue weighted by Gasteiger charge is -2.14. The lowest BCUT2D eigenvalue weighted by Crippen LogP contribution is -2.24. The SMILES string of the molecule is CCCCC(CC)CNCCc1ccc(Br)s1. The molecule has 1 heterocycles. The molecule has 1 N–H and O–H groups in total. The monoisotopic (exact) mass is 317 g/mol. The maximum atomic E-state index is 3.59. The Bertz CT molecular complexity index is 298. The van der Waals surface area contributed by atoms with Crippen LogP contribution >= 0.6 is 27.3 Å². The summed E-state index contributed by atoms with van der Waals surface area (Å²) in [6, 6.07) is 4.35. The van der Waals surface area contributed by atoms with E-state index in [1.165, 1.54) is 40.9 Å². The fourth-order valence-corrected chi connectivity index (χ4v) is 3.43. The second kappa shape index (κ2) is 9.12. The smallest absolute Gasteiger partial charge is 0.0701 e. The van der Waals surface area contributed by atoms with E-state index in [2.05, 4.69) is 47.2 Å². The van der Waals surface area contributed by atoms with Crippen LogP contribution in [0, 0.1) is 5.92 Å². The van der Waals surface area contributed by atoms with E-state index in [1.807, 2.05) is 11.3 Å². The third-order valence-corrected chi connectivity index (χ3v) is 4.84. The van der Waals surface area contributed by atoms with Crippen LogP contribution < -0.4 is 5.32 Å². The zero-order chi connectivity index (χ0) is 12.5. The maximum Gasteiger partial charge on any atom is 0.0701 e. The molecule has 1 aromatic heterocycles. The van der Waals surface area contributed by atoms with Gasteiger partial charge in [0.2, 0.25) is 0 Å². The highest BCUT2D eigenvalue weighted by Crippen LogP contribution is 2.22. The predicted octanol–water partition coefficient (Wildman–Crippen LogP) is 4.86. The summed E-state index contributed by atoms with van der Waals surface area (Å²) in [5.41, 5.74) is 0. The van der Waals surface area contributed by atoms with E-state index in [9.17, 15) is 0 Å². The summed E-state index contributed by atoms with van der Waals surface area (Å²) in [6.07, 6.45) is 6.53. The second-order valence-corrected chi connectivity index (χ2v) is 7.12. The highest BCUT2D eigenvalue weighted by atomic mass is 79.9. The van der Waals surface area contributed by atoms with Gasteiger partial charge < -0.3 is 5.32 Å². The predicted molar refractivity (Wildman–Crippen MR) is 81.9 cm³/mol. The first-order valence-corrected chi connectivity index (χ1v) is 8.32. The van der Waals surface area contributed by atoms with Crippen LogP contribution in [-0.2, 0) is 6.42 Å². The molecule has 0 saturated carbocycles. The van der Waals surface area contributed by atoms with Gasteiger partial charge in [0, 0.05) is 4.88 Å². The molecule has 0 saturated heterocycles. The lowest BCUT2D eigenvalue weighted by molar-refractivity contribution is 0.421. The first-order chi connectivity index (χ1) is 8.26. The molecule has 1 nitrogen and oxygen atoms in total. The Morgan fingerprint density at radius 3 is 2.76 bits per heavy atom. The van der Waals surface area contributed by atoms with Gasteiger partial charge in [0.1, 0.15) is 0 Å². The Labute approximate surface area is 118 Å². The third-order valence-electron chi connectivity index (χ3n) is 3.15. The molecule has 0 fully saturated rings. The Morgan fingerprint density at radius 1 is 1.35 bits per heavy atom. The van der Waals surface area contributed by atoms with Gasteiger partial charge in [-0.3, -0.25) is 0 Å². The van der Waals surface area contributed by atoms with Crippen LogP contribution in [-0.4, -0.2) is 13.1 Å². The van der Waals surface area contributed by atoms with Gasteiger partial charge in [0.25, 0.3) is 0 Å². The summed E-state index contributed by atoms with van der Waals surface area (Å²) in [5.74, 6) is 0.866. The van der Waals surface area contributed by atoms with Crippen LogP contribution in [0.25, 0.3) is 0 Å². The Balaban J connectivity index is 2.09. The maximum absolute atomic E-state index is 3.59. The van der Waals surface area contributed by atoms with E-state index in [0.717, 1.165) is 18.9 Å². The minimum absolute atomic E-state index is 0.866. The molecule has 1 atom stereocenters. The van der Waals surface area contributed by atoms with Crippen molar-refractivity contribution in [2.45, 2.75) is 46.0 Å². The summed E-state index contributed by atoms with van der Waals surface area (Å²) in [6.45, 7) is 6.87. The van der Waals surface area contributed by atoms with Crippen molar-refractivity contribution in [1.29, 1.82) is 0 Å². The summed E-state index contributed by atoms with van der Waals surface area (Å²) in [4.78, 5) is 1.46. The summed E-state index contributed by atoms with van der Waals surface area (Å²) in [5, 5.41) is 3.59. The van der Waals surface area contributed by atoms with Crippen LogP contribution in [0.5, 0.6) is 0 Å². The van der Waals surface area contributed by atoms with Crippen molar-refractivity contribution in [3.05, 3.63) is 20.8 Å². The number of halogens is 1. The molecule has 1 unspecified atom stereocenters. The van der Waals surface area contributed by atoms with E-state index >= 15 is 0 Å². The van der Waals surface area contributed by atoms with Gasteiger partial charge in [-0.1, -0.05) is 33.1 Å². The van der Waals surface area contributed by atoms with Crippen molar-refractivity contribution < 1.29 is 0 Å². The van der Waals surface area contributed by atoms with Crippen LogP contribution in [0.2, 0.25) is 0 Å². The van der Waals surface area contributed by atoms with Gasteiger partial charge in [0.15, 0.2) is 0 Å². The Morgan fingerprint density at radius 2 is 2.18 bits per heavy atom. The molecule has 0 aliphatic carbocycles. The number of nitrogens with one attached hydrogen (secondary N) is 1. The molecule has 3 heteroatoms. The van der Waals surface area contributed by atoms with Crippen molar-refractivity contribution >= 4 is 27.3 Å². The van der Waals surface area contributed by atoms with Gasteiger partial charge in [-0.15, -0.1) is 11.3 Å². The number of hydrogen-bond acceptors (Lipinski definition) is 2. The number of unbranched alkanes of at least 4 members (excludes halogenated alkanes) is 1. The Kier molecular flexibility index (Phi) is 8.15. The molecule has 0 radical (unpaired) electrons. The fourth-order valence-electron chi connectivity index (χ4n) is 1.95. The molecule has 17 heavy (non-hydrogen) atoms. The van der Waals surface area contributed by atoms with Gasteiger partial charge in [0.05, 0.1) is 3.79 Å². The molecular weight excluding hydrogens is 294 g/mol. The van der Waals surface area contributed by atoms with Gasteiger partial charge in [-0.2, -0.15) is 0 Å². The zero-order valence-corrected chi connectivity index (χ0v) is 13.4. The molecule has 1 rings (SSSR count). The minimum atomic E-state index is 0.866. The molecular formula is C14H24BrNS. The minimum Gasteiger partial charge on any atom is -0.316 e. The molecule has 98 valence electrons. The molecule has 0 spiro atoms. The summed E-state index contributed by atoms with van der Waals surface area (Å²) < 4.78 is 1.24. The number of rotatable bonds is 9. The largest absolute Gasteiger partial charge is 0.316 e. The van der Waals surface area contributed by atoms with E-state index in [4.69, 9.17) is 0 Å². The van der Waals surface area contributed by atoms with E-state index < -0.39 is 0 Å². The molecule has 0 aliphatic rings. The molecule has 0 bridgehead atoms. The number of thiophene rings is 1. The van der Waals surface area contributed by atoms with Crippen molar-refractivity contribution in [2.24, 2.45) is 5.92 Å². The standard InChI is InChI=1S/C14H24BrNS/c1-3-5-6-12(4-2)11-16-10-9-13-7-8-14(15)17-13/h7-8,12,16H,3-6,9-11H2,1-2H3. The van der Waals surface area contributed by atoms with Crippen molar-refractivity contribution in [1.82, 2.24) is 5.32 Å². The first kappa shape index (κ1) is 15.2. The van der Waals surface area contributed by atoms with Crippen molar-refractivity contribution in [3.8, 4) is 0 Å². The van der Waals surface area contributed by atoms with Gasteiger partial charge >= 0.3 is 0 Å². The van der Waals surface area contributed by atoms with Crippen LogP contribution in [0.15, 0.2) is 15.9 Å². The van der Waals surface area contributed by atoms with E-state index in [0.29, 0.717) is 0 Å². The van der Waals surface area contributed by atoms with Crippen LogP contribution in [0.3, 0.4) is 0 Å². The van der Waals surface area contributed by atoms with Crippen molar-refractivity contribution in [3.63, 3.8) is 0 Å². The summed E-state index contributed by atoms with van der Waals surface area (Å²) >= 11 is 5.34. The molecule has 0 aliphatic heterocycles. The third kappa shape index (κ3) is 6.58. The van der Waals surface area contributed by atoms with Gasteiger partial charge in [-0.05, 0) is 59.9 Å². The molecule has 0 aromatic carbocycles. The topological polar surface area (TPSA) is 12.0 Å².